The van der Waals surface area contributed by atoms with E-state index in [1.165, 1.54) is 19.3 Å². The van der Waals surface area contributed by atoms with Crippen molar-refractivity contribution in [3.05, 3.63) is 0 Å². The lowest BCUT2D eigenvalue weighted by atomic mass is 10.00. The maximum atomic E-state index is 6.20. The van der Waals surface area contributed by atoms with Gasteiger partial charge in [-0.05, 0) is 26.4 Å². The molecule has 3 heteroatoms. The Kier molecular flexibility index (Phi) is 4.85. The van der Waals surface area contributed by atoms with Crippen LogP contribution in [-0.2, 0) is 4.74 Å². The van der Waals surface area contributed by atoms with E-state index in [1.54, 1.807) is 0 Å². The molecular weight excluding hydrogens is 176 g/mol. The first-order chi connectivity index (χ1) is 6.66. The maximum absolute atomic E-state index is 6.20. The smallest absolute Gasteiger partial charge is 0.0659 e. The van der Waals surface area contributed by atoms with E-state index in [4.69, 9.17) is 10.5 Å². The summed E-state index contributed by atoms with van der Waals surface area (Å²) in [6, 6.07) is 0. The van der Waals surface area contributed by atoms with E-state index < -0.39 is 0 Å². The summed E-state index contributed by atoms with van der Waals surface area (Å²) < 4.78 is 5.33. The summed E-state index contributed by atoms with van der Waals surface area (Å²) in [5, 5.41) is 0. The molecule has 1 heterocycles. The molecule has 1 unspecified atom stereocenters. The zero-order valence-corrected chi connectivity index (χ0v) is 9.59. The molecule has 0 radical (unpaired) electrons. The van der Waals surface area contributed by atoms with Crippen LogP contribution in [0.5, 0.6) is 0 Å². The minimum absolute atomic E-state index is 0.0824. The highest BCUT2D eigenvalue weighted by atomic mass is 16.5. The van der Waals surface area contributed by atoms with E-state index >= 15 is 0 Å². The number of ether oxygens (including phenoxy) is 1. The second-order valence-corrected chi connectivity index (χ2v) is 4.61. The van der Waals surface area contributed by atoms with Crippen molar-refractivity contribution in [3.8, 4) is 0 Å². The molecule has 1 fully saturated rings. The van der Waals surface area contributed by atoms with Crippen LogP contribution in [0.1, 0.15) is 32.6 Å². The van der Waals surface area contributed by atoms with Crippen LogP contribution in [0.25, 0.3) is 0 Å². The number of hydrogen-bond acceptors (Lipinski definition) is 3. The Morgan fingerprint density at radius 1 is 1.43 bits per heavy atom. The first-order valence-electron chi connectivity index (χ1n) is 5.71. The molecule has 0 saturated carbocycles. The predicted molar refractivity (Wildman–Crippen MR) is 59.4 cm³/mol. The van der Waals surface area contributed by atoms with Gasteiger partial charge in [0.15, 0.2) is 0 Å². The van der Waals surface area contributed by atoms with Gasteiger partial charge in [0.2, 0.25) is 0 Å². The molecule has 1 aliphatic rings. The Balaban J connectivity index is 2.15. The molecule has 0 bridgehead atoms. The van der Waals surface area contributed by atoms with Gasteiger partial charge in [-0.15, -0.1) is 0 Å². The Morgan fingerprint density at radius 3 is 2.79 bits per heavy atom. The first-order valence-corrected chi connectivity index (χ1v) is 5.71. The minimum atomic E-state index is -0.0824. The molecule has 1 rings (SSSR count). The van der Waals surface area contributed by atoms with E-state index in [-0.39, 0.29) is 5.54 Å². The summed E-state index contributed by atoms with van der Waals surface area (Å²) in [4.78, 5) is 2.34. The predicted octanol–water partition coefficient (Wildman–Crippen LogP) is 1.23. The summed E-state index contributed by atoms with van der Waals surface area (Å²) >= 11 is 0. The Morgan fingerprint density at radius 2 is 2.21 bits per heavy atom. The molecule has 0 spiro atoms. The van der Waals surface area contributed by atoms with Crippen molar-refractivity contribution in [3.63, 3.8) is 0 Å². The minimum Gasteiger partial charge on any atom is -0.379 e. The summed E-state index contributed by atoms with van der Waals surface area (Å²) in [6.45, 7) is 5.92. The molecule has 0 aromatic carbocycles. The number of nitrogens with zero attached hydrogens (tertiary/aromatic N) is 1. The number of hydrogen-bond donors (Lipinski definition) is 1. The Labute approximate surface area is 87.6 Å². The maximum Gasteiger partial charge on any atom is 0.0659 e. The molecule has 14 heavy (non-hydrogen) atoms. The highest BCUT2D eigenvalue weighted by Crippen LogP contribution is 2.16. The van der Waals surface area contributed by atoms with Gasteiger partial charge in [-0.3, -0.25) is 0 Å². The molecule has 3 nitrogen and oxygen atoms in total. The molecule has 84 valence electrons. The molecule has 1 aliphatic heterocycles. The number of unbranched alkanes of at least 4 members (excludes halogenated alkanes) is 2. The van der Waals surface area contributed by atoms with Gasteiger partial charge >= 0.3 is 0 Å². The molecule has 0 amide bonds. The van der Waals surface area contributed by atoms with Gasteiger partial charge in [0, 0.05) is 13.2 Å². The van der Waals surface area contributed by atoms with Crippen LogP contribution in [-0.4, -0.2) is 43.8 Å². The number of rotatable bonds is 6. The zero-order valence-electron chi connectivity index (χ0n) is 9.59. The first kappa shape index (κ1) is 12.0. The highest BCUT2D eigenvalue weighted by molar-refractivity contribution is 4.90. The van der Waals surface area contributed by atoms with Crippen molar-refractivity contribution in [2.75, 3.05) is 33.4 Å². The third-order valence-corrected chi connectivity index (χ3v) is 2.86. The van der Waals surface area contributed by atoms with Crippen molar-refractivity contribution >= 4 is 0 Å². The van der Waals surface area contributed by atoms with Crippen LogP contribution >= 0.6 is 0 Å². The fourth-order valence-corrected chi connectivity index (χ4v) is 2.00. The normalized spacial score (nSPS) is 27.4. The standard InChI is InChI=1S/C11H24N2O/c1-3-4-5-7-13(2)9-11(12)6-8-14-10-11/h3-10,12H2,1-2H3. The average Bonchev–Trinajstić information content (AvgIpc) is 2.52. The highest BCUT2D eigenvalue weighted by Gasteiger charge is 2.31. The monoisotopic (exact) mass is 200 g/mol. The van der Waals surface area contributed by atoms with Crippen LogP contribution in [0.15, 0.2) is 0 Å². The van der Waals surface area contributed by atoms with Crippen LogP contribution in [0.3, 0.4) is 0 Å². The quantitative estimate of drug-likeness (QED) is 0.655. The van der Waals surface area contributed by atoms with E-state index in [0.717, 1.165) is 32.7 Å². The third kappa shape index (κ3) is 3.95. The van der Waals surface area contributed by atoms with E-state index in [0.29, 0.717) is 0 Å². The average molecular weight is 200 g/mol. The van der Waals surface area contributed by atoms with Crippen molar-refractivity contribution in [2.24, 2.45) is 5.73 Å². The second kappa shape index (κ2) is 5.69. The summed E-state index contributed by atoms with van der Waals surface area (Å²) in [5.74, 6) is 0. The van der Waals surface area contributed by atoms with Crippen molar-refractivity contribution < 1.29 is 4.74 Å². The van der Waals surface area contributed by atoms with Crippen LogP contribution < -0.4 is 5.73 Å². The fourth-order valence-electron chi connectivity index (χ4n) is 2.00. The van der Waals surface area contributed by atoms with E-state index in [2.05, 4.69) is 18.9 Å². The topological polar surface area (TPSA) is 38.5 Å². The lowest BCUT2D eigenvalue weighted by Gasteiger charge is -2.28. The number of nitrogens with two attached hydrogens (primary N) is 1. The summed E-state index contributed by atoms with van der Waals surface area (Å²) in [6.07, 6.45) is 4.89. The van der Waals surface area contributed by atoms with Gasteiger partial charge in [0.1, 0.15) is 0 Å². The lowest BCUT2D eigenvalue weighted by Crippen LogP contribution is -2.50. The van der Waals surface area contributed by atoms with Gasteiger partial charge in [-0.25, -0.2) is 0 Å². The van der Waals surface area contributed by atoms with Crippen LogP contribution in [0.4, 0.5) is 0 Å². The summed E-state index contributed by atoms with van der Waals surface area (Å²) in [5.41, 5.74) is 6.12. The van der Waals surface area contributed by atoms with Crippen molar-refractivity contribution in [1.82, 2.24) is 4.90 Å². The SMILES string of the molecule is CCCCCN(C)CC1(N)CCOC1. The fraction of sp³-hybridized carbons (Fsp3) is 1.00. The molecular formula is C11H24N2O. The molecule has 1 saturated heterocycles. The van der Waals surface area contributed by atoms with Crippen LogP contribution in [0.2, 0.25) is 0 Å². The zero-order chi connectivity index (χ0) is 10.4. The van der Waals surface area contributed by atoms with E-state index in [9.17, 15) is 0 Å². The van der Waals surface area contributed by atoms with E-state index in [1.807, 2.05) is 0 Å². The second-order valence-electron chi connectivity index (χ2n) is 4.61. The largest absolute Gasteiger partial charge is 0.379 e. The van der Waals surface area contributed by atoms with Crippen molar-refractivity contribution in [2.45, 2.75) is 38.1 Å². The molecule has 0 aromatic rings. The summed E-state index contributed by atoms with van der Waals surface area (Å²) in [7, 11) is 2.16. The molecule has 0 aliphatic carbocycles. The van der Waals surface area contributed by atoms with Gasteiger partial charge in [0.05, 0.1) is 12.1 Å². The Hall–Kier alpha value is -0.120. The van der Waals surface area contributed by atoms with Gasteiger partial charge in [-0.2, -0.15) is 0 Å². The van der Waals surface area contributed by atoms with Crippen molar-refractivity contribution in [1.29, 1.82) is 0 Å². The van der Waals surface area contributed by atoms with Gasteiger partial charge in [0.25, 0.3) is 0 Å². The molecule has 0 aromatic heterocycles. The Bertz CT molecular complexity index is 155. The third-order valence-electron chi connectivity index (χ3n) is 2.86. The van der Waals surface area contributed by atoms with Gasteiger partial charge < -0.3 is 15.4 Å². The molecule has 2 N–H and O–H groups in total. The van der Waals surface area contributed by atoms with Gasteiger partial charge in [-0.1, -0.05) is 19.8 Å². The molecule has 1 atom stereocenters. The number of likely N-dealkylation sites (N-methyl/N-ethyl adjacent to an activating group) is 1. The lowest BCUT2D eigenvalue weighted by molar-refractivity contribution is 0.160. The van der Waals surface area contributed by atoms with Crippen LogP contribution in [0, 0.1) is 0 Å².